The summed E-state index contributed by atoms with van der Waals surface area (Å²) in [5.74, 6) is 0.721. The molecule has 2 heterocycles. The first-order valence-corrected chi connectivity index (χ1v) is 6.74. The highest BCUT2D eigenvalue weighted by atomic mass is 15.3. The van der Waals surface area contributed by atoms with Crippen molar-refractivity contribution in [1.29, 1.82) is 0 Å². The maximum absolute atomic E-state index is 4.54. The molecule has 2 rings (SSSR count). The molecule has 0 aliphatic carbocycles. The molecule has 1 aromatic heterocycles. The summed E-state index contributed by atoms with van der Waals surface area (Å²) >= 11 is 0. The monoisotopic (exact) mass is 235 g/mol. The van der Waals surface area contributed by atoms with E-state index in [1.54, 1.807) is 0 Å². The number of piperidine rings is 1. The molecule has 3 nitrogen and oxygen atoms in total. The Morgan fingerprint density at radius 3 is 2.18 bits per heavy atom. The van der Waals surface area contributed by atoms with Gasteiger partial charge in [0.05, 0.1) is 5.69 Å². The van der Waals surface area contributed by atoms with E-state index in [0.29, 0.717) is 6.04 Å². The summed E-state index contributed by atoms with van der Waals surface area (Å²) in [7, 11) is 2.05. The summed E-state index contributed by atoms with van der Waals surface area (Å²) in [4.78, 5) is 2.58. The Hall–Kier alpha value is -0.830. The van der Waals surface area contributed by atoms with Crippen molar-refractivity contribution in [2.24, 2.45) is 7.05 Å². The summed E-state index contributed by atoms with van der Waals surface area (Å²) in [5, 5.41) is 4.54. The standard InChI is InChI=1S/C14H25N3/c1-10(2)17-8-6-13(7-9-17)14-11(3)15-16(5)12(14)4/h10,13H,6-9H2,1-5H3. The van der Waals surface area contributed by atoms with Gasteiger partial charge in [-0.25, -0.2) is 0 Å². The van der Waals surface area contributed by atoms with Crippen LogP contribution in [0.2, 0.25) is 0 Å². The van der Waals surface area contributed by atoms with Gasteiger partial charge in [0, 0.05) is 18.8 Å². The van der Waals surface area contributed by atoms with E-state index in [1.807, 2.05) is 4.68 Å². The highest BCUT2D eigenvalue weighted by Crippen LogP contribution is 2.32. The minimum absolute atomic E-state index is 0.687. The Labute approximate surface area is 105 Å². The molecule has 1 fully saturated rings. The van der Waals surface area contributed by atoms with E-state index in [9.17, 15) is 0 Å². The number of aromatic nitrogens is 2. The molecular formula is C14H25N3. The molecule has 1 aliphatic rings. The molecule has 96 valence electrons. The van der Waals surface area contributed by atoms with Crippen molar-refractivity contribution < 1.29 is 0 Å². The third-order valence-electron chi connectivity index (χ3n) is 4.23. The topological polar surface area (TPSA) is 21.1 Å². The minimum Gasteiger partial charge on any atom is -0.301 e. The van der Waals surface area contributed by atoms with Crippen molar-refractivity contribution in [3.8, 4) is 0 Å². The highest BCUT2D eigenvalue weighted by Gasteiger charge is 2.25. The van der Waals surface area contributed by atoms with Crippen molar-refractivity contribution in [2.45, 2.75) is 52.5 Å². The molecule has 0 amide bonds. The zero-order valence-electron chi connectivity index (χ0n) is 11.8. The van der Waals surface area contributed by atoms with E-state index >= 15 is 0 Å². The number of aryl methyl sites for hydroxylation is 2. The fourth-order valence-corrected chi connectivity index (χ4v) is 3.09. The smallest absolute Gasteiger partial charge is 0.0631 e. The van der Waals surface area contributed by atoms with Crippen LogP contribution in [0, 0.1) is 13.8 Å². The maximum Gasteiger partial charge on any atom is 0.0631 e. The van der Waals surface area contributed by atoms with Gasteiger partial charge in [0.25, 0.3) is 0 Å². The van der Waals surface area contributed by atoms with Crippen molar-refractivity contribution in [3.05, 3.63) is 17.0 Å². The molecule has 0 aromatic carbocycles. The van der Waals surface area contributed by atoms with Crippen molar-refractivity contribution in [3.63, 3.8) is 0 Å². The van der Waals surface area contributed by atoms with Crippen LogP contribution in [0.4, 0.5) is 0 Å². The van der Waals surface area contributed by atoms with Gasteiger partial charge in [-0.1, -0.05) is 0 Å². The SMILES string of the molecule is Cc1nn(C)c(C)c1C1CCN(C(C)C)CC1. The van der Waals surface area contributed by atoms with Gasteiger partial charge in [0.1, 0.15) is 0 Å². The van der Waals surface area contributed by atoms with E-state index in [0.717, 1.165) is 5.92 Å². The van der Waals surface area contributed by atoms with Gasteiger partial charge in [-0.2, -0.15) is 5.10 Å². The zero-order chi connectivity index (χ0) is 12.6. The molecule has 1 aliphatic heterocycles. The van der Waals surface area contributed by atoms with Crippen LogP contribution in [0.3, 0.4) is 0 Å². The van der Waals surface area contributed by atoms with Crippen LogP contribution in [0.25, 0.3) is 0 Å². The second-order valence-electron chi connectivity index (χ2n) is 5.61. The molecule has 0 radical (unpaired) electrons. The van der Waals surface area contributed by atoms with Gasteiger partial charge < -0.3 is 4.90 Å². The Kier molecular flexibility index (Phi) is 3.57. The second kappa shape index (κ2) is 4.81. The largest absolute Gasteiger partial charge is 0.301 e. The summed E-state index contributed by atoms with van der Waals surface area (Å²) in [5.41, 5.74) is 4.09. The van der Waals surface area contributed by atoms with Gasteiger partial charge in [-0.3, -0.25) is 4.68 Å². The van der Waals surface area contributed by atoms with Crippen molar-refractivity contribution in [2.75, 3.05) is 13.1 Å². The normalized spacial score (nSPS) is 19.2. The molecule has 0 N–H and O–H groups in total. The number of rotatable bonds is 2. The molecule has 1 aromatic rings. The lowest BCUT2D eigenvalue weighted by Crippen LogP contribution is -2.38. The van der Waals surface area contributed by atoms with Crippen molar-refractivity contribution >= 4 is 0 Å². The van der Waals surface area contributed by atoms with Crippen LogP contribution in [0.5, 0.6) is 0 Å². The van der Waals surface area contributed by atoms with Gasteiger partial charge in [-0.05, 0) is 65.1 Å². The summed E-state index contributed by atoms with van der Waals surface area (Å²) in [6.45, 7) is 11.4. The average molecular weight is 235 g/mol. The lowest BCUT2D eigenvalue weighted by atomic mass is 9.87. The predicted molar refractivity (Wildman–Crippen MR) is 71.4 cm³/mol. The van der Waals surface area contributed by atoms with Crippen LogP contribution >= 0.6 is 0 Å². The van der Waals surface area contributed by atoms with E-state index in [-0.39, 0.29) is 0 Å². The van der Waals surface area contributed by atoms with Gasteiger partial charge in [-0.15, -0.1) is 0 Å². The lowest BCUT2D eigenvalue weighted by Gasteiger charge is -2.34. The van der Waals surface area contributed by atoms with Crippen LogP contribution < -0.4 is 0 Å². The molecule has 0 saturated carbocycles. The molecule has 1 saturated heterocycles. The van der Waals surface area contributed by atoms with E-state index in [1.165, 1.54) is 42.9 Å². The maximum atomic E-state index is 4.54. The second-order valence-corrected chi connectivity index (χ2v) is 5.61. The van der Waals surface area contributed by atoms with E-state index < -0.39 is 0 Å². The molecule has 0 spiro atoms. The molecule has 17 heavy (non-hydrogen) atoms. The average Bonchev–Trinajstić information content (AvgIpc) is 2.53. The van der Waals surface area contributed by atoms with Crippen LogP contribution in [0.15, 0.2) is 0 Å². The molecule has 0 unspecified atom stereocenters. The highest BCUT2D eigenvalue weighted by molar-refractivity contribution is 5.29. The summed E-state index contributed by atoms with van der Waals surface area (Å²) < 4.78 is 2.03. The van der Waals surface area contributed by atoms with Gasteiger partial charge in [0.15, 0.2) is 0 Å². The van der Waals surface area contributed by atoms with Gasteiger partial charge in [0.2, 0.25) is 0 Å². The van der Waals surface area contributed by atoms with Crippen LogP contribution in [-0.2, 0) is 7.05 Å². The van der Waals surface area contributed by atoms with E-state index in [2.05, 4.69) is 44.7 Å². The number of hydrogen-bond acceptors (Lipinski definition) is 2. The molecule has 3 heteroatoms. The minimum atomic E-state index is 0.687. The van der Waals surface area contributed by atoms with Crippen molar-refractivity contribution in [1.82, 2.24) is 14.7 Å². The van der Waals surface area contributed by atoms with E-state index in [4.69, 9.17) is 0 Å². The molecule has 0 bridgehead atoms. The quantitative estimate of drug-likeness (QED) is 0.785. The molecular weight excluding hydrogens is 210 g/mol. The fourth-order valence-electron chi connectivity index (χ4n) is 3.09. The summed E-state index contributed by atoms with van der Waals surface area (Å²) in [6, 6.07) is 0.687. The molecule has 0 atom stereocenters. The number of nitrogens with zero attached hydrogens (tertiary/aromatic N) is 3. The fraction of sp³-hybridized carbons (Fsp3) is 0.786. The third kappa shape index (κ3) is 2.39. The first-order chi connectivity index (χ1) is 8.00. The first kappa shape index (κ1) is 12.6. The Morgan fingerprint density at radius 2 is 1.76 bits per heavy atom. The Morgan fingerprint density at radius 1 is 1.18 bits per heavy atom. The van der Waals surface area contributed by atoms with Gasteiger partial charge >= 0.3 is 0 Å². The Balaban J connectivity index is 2.10. The number of hydrogen-bond donors (Lipinski definition) is 0. The predicted octanol–water partition coefficient (Wildman–Crippen LogP) is 2.62. The zero-order valence-corrected chi connectivity index (χ0v) is 11.8. The number of likely N-dealkylation sites (tertiary alicyclic amines) is 1. The first-order valence-electron chi connectivity index (χ1n) is 6.74. The van der Waals surface area contributed by atoms with Crippen LogP contribution in [-0.4, -0.2) is 33.8 Å². The lowest BCUT2D eigenvalue weighted by molar-refractivity contribution is 0.171. The Bertz CT molecular complexity index is 384. The summed E-state index contributed by atoms with van der Waals surface area (Å²) in [6.07, 6.45) is 2.57. The third-order valence-corrected chi connectivity index (χ3v) is 4.23. The van der Waals surface area contributed by atoms with Crippen LogP contribution in [0.1, 0.15) is 49.6 Å².